The molecule has 5 heteroatoms. The molecule has 0 unspecified atom stereocenters. The summed E-state index contributed by atoms with van der Waals surface area (Å²) in [6.45, 7) is 6.15. The van der Waals surface area contributed by atoms with Crippen LogP contribution in [0.4, 0.5) is 0 Å². The number of carbonyl (C=O) groups excluding carboxylic acids is 1. The maximum absolute atomic E-state index is 12.4. The number of piperidine rings is 1. The Labute approximate surface area is 130 Å². The molecule has 4 nitrogen and oxygen atoms in total. The van der Waals surface area contributed by atoms with E-state index in [9.17, 15) is 4.79 Å². The molecular formula is C16H23ClNO3+. The number of hydrogen-bond donors (Lipinski definition) is 1. The summed E-state index contributed by atoms with van der Waals surface area (Å²) < 4.78 is 10.8. The molecule has 0 aromatic heterocycles. The Morgan fingerprint density at radius 3 is 2.57 bits per heavy atom. The number of methoxy groups -OCH3 is 1. The fraction of sp³-hybridized carbons (Fsp3) is 0.562. The summed E-state index contributed by atoms with van der Waals surface area (Å²) in [4.78, 5) is 12.4. The average Bonchev–Trinajstić information content (AvgIpc) is 2.47. The van der Waals surface area contributed by atoms with Crippen molar-refractivity contribution in [3.8, 4) is 5.75 Å². The van der Waals surface area contributed by atoms with Crippen molar-refractivity contribution >= 4 is 17.6 Å². The third kappa shape index (κ3) is 3.89. The fourth-order valence-electron chi connectivity index (χ4n) is 2.79. The van der Waals surface area contributed by atoms with Crippen LogP contribution in [0.1, 0.15) is 37.0 Å². The van der Waals surface area contributed by atoms with Gasteiger partial charge in [0.05, 0.1) is 30.8 Å². The van der Waals surface area contributed by atoms with Gasteiger partial charge in [0, 0.05) is 18.8 Å². The lowest BCUT2D eigenvalue weighted by Gasteiger charge is -2.35. The van der Waals surface area contributed by atoms with Gasteiger partial charge in [-0.05, 0) is 32.0 Å². The van der Waals surface area contributed by atoms with E-state index in [1.807, 2.05) is 13.8 Å². The maximum Gasteiger partial charge on any atom is 0.340 e. The minimum atomic E-state index is -0.478. The smallest absolute Gasteiger partial charge is 0.340 e. The Hall–Kier alpha value is -1.26. The van der Waals surface area contributed by atoms with Crippen LogP contribution in [0.3, 0.4) is 0 Å². The Morgan fingerprint density at radius 2 is 2.00 bits per heavy atom. The van der Waals surface area contributed by atoms with E-state index >= 15 is 0 Å². The van der Waals surface area contributed by atoms with Gasteiger partial charge >= 0.3 is 5.97 Å². The van der Waals surface area contributed by atoms with E-state index in [-0.39, 0.29) is 5.97 Å². The van der Waals surface area contributed by atoms with Crippen LogP contribution in [0.25, 0.3) is 0 Å². The summed E-state index contributed by atoms with van der Waals surface area (Å²) in [5, 5.41) is 2.65. The van der Waals surface area contributed by atoms with Gasteiger partial charge in [-0.1, -0.05) is 11.6 Å². The van der Waals surface area contributed by atoms with Gasteiger partial charge in [0.25, 0.3) is 0 Å². The second kappa shape index (κ2) is 6.67. The van der Waals surface area contributed by atoms with Crippen LogP contribution in [-0.2, 0) is 4.74 Å². The molecule has 0 saturated carbocycles. The monoisotopic (exact) mass is 312 g/mol. The van der Waals surface area contributed by atoms with Crippen molar-refractivity contribution in [1.82, 2.24) is 0 Å². The molecule has 0 aliphatic carbocycles. The molecule has 1 fully saturated rings. The van der Waals surface area contributed by atoms with Crippen molar-refractivity contribution in [3.63, 3.8) is 0 Å². The molecule has 2 N–H and O–H groups in total. The van der Waals surface area contributed by atoms with Crippen LogP contribution in [0.5, 0.6) is 5.75 Å². The van der Waals surface area contributed by atoms with E-state index in [4.69, 9.17) is 21.1 Å². The number of halogens is 1. The van der Waals surface area contributed by atoms with Gasteiger partial charge in [0.15, 0.2) is 0 Å². The lowest BCUT2D eigenvalue weighted by molar-refractivity contribution is -0.665. The molecule has 1 aliphatic rings. The van der Waals surface area contributed by atoms with Crippen LogP contribution >= 0.6 is 11.6 Å². The van der Waals surface area contributed by atoms with Gasteiger partial charge in [0.1, 0.15) is 11.4 Å². The minimum absolute atomic E-state index is 0.354. The van der Waals surface area contributed by atoms with Gasteiger partial charge in [-0.3, -0.25) is 0 Å². The number of hydrogen-bond acceptors (Lipinski definition) is 3. The van der Waals surface area contributed by atoms with Gasteiger partial charge in [-0.25, -0.2) is 4.79 Å². The molecule has 1 aromatic carbocycles. The quantitative estimate of drug-likeness (QED) is 0.868. The van der Waals surface area contributed by atoms with Crippen LogP contribution in [-0.4, -0.2) is 31.8 Å². The van der Waals surface area contributed by atoms with E-state index < -0.39 is 5.60 Å². The summed E-state index contributed by atoms with van der Waals surface area (Å²) in [5.41, 5.74) is -0.0953. The van der Waals surface area contributed by atoms with Crippen molar-refractivity contribution in [3.05, 3.63) is 28.8 Å². The number of quaternary nitrogens is 1. The van der Waals surface area contributed by atoms with Crippen LogP contribution in [0.15, 0.2) is 18.2 Å². The number of rotatable bonds is 4. The first-order valence-electron chi connectivity index (χ1n) is 7.32. The highest BCUT2D eigenvalue weighted by molar-refractivity contribution is 6.33. The number of benzene rings is 1. The number of ether oxygens (including phenoxy) is 2. The molecular weight excluding hydrogens is 290 g/mol. The number of nitrogens with two attached hydrogens (primary N) is 1. The molecule has 0 spiro atoms. The van der Waals surface area contributed by atoms with Gasteiger partial charge in [0.2, 0.25) is 0 Å². The lowest BCUT2D eigenvalue weighted by Crippen LogP contribution is -2.86. The standard InChI is InChI=1S/C16H22ClNO3/c1-16(2,11-6-8-18-9-7-11)21-15(19)13-5-4-12(20-3)10-14(13)17/h4-5,10-11,18H,6-9H2,1-3H3/p+1. The maximum atomic E-state index is 12.4. The van der Waals surface area contributed by atoms with Crippen molar-refractivity contribution in [2.24, 2.45) is 5.92 Å². The van der Waals surface area contributed by atoms with E-state index in [1.54, 1.807) is 25.3 Å². The Kier molecular flexibility index (Phi) is 5.12. The molecule has 116 valence electrons. The predicted molar refractivity (Wildman–Crippen MR) is 81.9 cm³/mol. The van der Waals surface area contributed by atoms with Gasteiger partial charge in [-0.15, -0.1) is 0 Å². The highest BCUT2D eigenvalue weighted by Crippen LogP contribution is 2.30. The summed E-state index contributed by atoms with van der Waals surface area (Å²) in [5.74, 6) is 0.643. The number of esters is 1. The van der Waals surface area contributed by atoms with Crippen molar-refractivity contribution in [2.45, 2.75) is 32.3 Å². The van der Waals surface area contributed by atoms with Crippen molar-refractivity contribution in [2.75, 3.05) is 20.2 Å². The fourth-order valence-corrected chi connectivity index (χ4v) is 3.04. The molecule has 21 heavy (non-hydrogen) atoms. The van der Waals surface area contributed by atoms with E-state index in [0.717, 1.165) is 25.9 Å². The zero-order valence-electron chi connectivity index (χ0n) is 12.8. The van der Waals surface area contributed by atoms with Gasteiger partial charge in [-0.2, -0.15) is 0 Å². The molecule has 2 rings (SSSR count). The molecule has 0 radical (unpaired) electrons. The molecule has 1 heterocycles. The Balaban J connectivity index is 2.09. The number of carbonyl (C=O) groups is 1. The second-order valence-electron chi connectivity index (χ2n) is 5.98. The van der Waals surface area contributed by atoms with Crippen molar-refractivity contribution < 1.29 is 19.6 Å². The zero-order valence-corrected chi connectivity index (χ0v) is 13.6. The average molecular weight is 313 g/mol. The summed E-state index contributed by atoms with van der Waals surface area (Å²) in [6, 6.07) is 4.99. The Bertz CT molecular complexity index is 510. The summed E-state index contributed by atoms with van der Waals surface area (Å²) in [6.07, 6.45) is 2.13. The summed E-state index contributed by atoms with van der Waals surface area (Å²) in [7, 11) is 1.56. The first-order valence-corrected chi connectivity index (χ1v) is 7.70. The first-order chi connectivity index (χ1) is 9.94. The normalized spacial score (nSPS) is 16.6. The minimum Gasteiger partial charge on any atom is -0.497 e. The second-order valence-corrected chi connectivity index (χ2v) is 6.39. The molecule has 0 bridgehead atoms. The SMILES string of the molecule is COc1ccc(C(=O)OC(C)(C)C2CC[NH2+]CC2)c(Cl)c1. The molecule has 1 saturated heterocycles. The van der Waals surface area contributed by atoms with Crippen LogP contribution < -0.4 is 10.1 Å². The topological polar surface area (TPSA) is 52.1 Å². The molecule has 1 aliphatic heterocycles. The van der Waals surface area contributed by atoms with E-state index in [1.165, 1.54) is 0 Å². The van der Waals surface area contributed by atoms with Crippen LogP contribution in [0, 0.1) is 5.92 Å². The molecule has 0 amide bonds. The first kappa shape index (κ1) is 16.1. The lowest BCUT2D eigenvalue weighted by atomic mass is 9.83. The van der Waals surface area contributed by atoms with Crippen LogP contribution in [0.2, 0.25) is 5.02 Å². The third-order valence-corrected chi connectivity index (χ3v) is 4.49. The highest BCUT2D eigenvalue weighted by Gasteiger charge is 2.35. The predicted octanol–water partition coefficient (Wildman–Crippen LogP) is 2.26. The van der Waals surface area contributed by atoms with Crippen molar-refractivity contribution in [1.29, 1.82) is 0 Å². The Morgan fingerprint density at radius 1 is 1.33 bits per heavy atom. The summed E-state index contributed by atoms with van der Waals surface area (Å²) >= 11 is 6.13. The zero-order chi connectivity index (χ0) is 15.5. The largest absolute Gasteiger partial charge is 0.497 e. The van der Waals surface area contributed by atoms with Gasteiger partial charge < -0.3 is 14.8 Å². The molecule has 0 atom stereocenters. The highest BCUT2D eigenvalue weighted by atomic mass is 35.5. The molecule has 1 aromatic rings. The van der Waals surface area contributed by atoms with E-state index in [2.05, 4.69) is 5.32 Å². The van der Waals surface area contributed by atoms with E-state index in [0.29, 0.717) is 22.3 Å². The third-order valence-electron chi connectivity index (χ3n) is 4.17.